The number of aromatic nitrogens is 2. The molecule has 0 fully saturated rings. The minimum Gasteiger partial charge on any atom is -0.291 e. The van der Waals surface area contributed by atoms with Crippen LogP contribution in [0.1, 0.15) is 22.3 Å². The third kappa shape index (κ3) is 2.10. The van der Waals surface area contributed by atoms with Gasteiger partial charge in [0.25, 0.3) is 0 Å². The summed E-state index contributed by atoms with van der Waals surface area (Å²) >= 11 is 0. The minimum absolute atomic E-state index is 0.993. The van der Waals surface area contributed by atoms with E-state index in [0.29, 0.717) is 0 Å². The van der Waals surface area contributed by atoms with Gasteiger partial charge in [0.05, 0.1) is 16.6 Å². The fourth-order valence-electron chi connectivity index (χ4n) is 6.83. The van der Waals surface area contributed by atoms with E-state index in [2.05, 4.69) is 101 Å². The molecule has 0 spiro atoms. The second kappa shape index (κ2) is 6.17. The zero-order valence-electron chi connectivity index (χ0n) is 19.0. The minimum atomic E-state index is 0.993. The number of nitrogens with zero attached hydrogens (tertiary/aromatic N) is 2. The first kappa shape index (κ1) is 18.0. The molecule has 2 heterocycles. The summed E-state index contributed by atoms with van der Waals surface area (Å²) in [6.45, 7) is 0. The van der Waals surface area contributed by atoms with Crippen LogP contribution in [0.25, 0.3) is 60.6 Å². The highest BCUT2D eigenvalue weighted by molar-refractivity contribution is 6.17. The molecular formula is C33H20N2. The Bertz CT molecular complexity index is 2060. The van der Waals surface area contributed by atoms with Gasteiger partial charge >= 0.3 is 0 Å². The Balaban J connectivity index is 1.62. The Morgan fingerprint density at radius 3 is 1.89 bits per heavy atom. The van der Waals surface area contributed by atoms with Gasteiger partial charge in [-0.1, -0.05) is 91.0 Å². The molecule has 0 aliphatic heterocycles. The molecule has 0 atom stereocenters. The maximum Gasteiger partial charge on any atom is 0.146 e. The maximum atomic E-state index is 5.48. The van der Waals surface area contributed by atoms with Crippen LogP contribution in [0.3, 0.4) is 0 Å². The molecule has 0 saturated heterocycles. The number of imidazole rings is 1. The van der Waals surface area contributed by atoms with Gasteiger partial charge in [0.2, 0.25) is 0 Å². The molecule has 0 unspecified atom stereocenters. The lowest BCUT2D eigenvalue weighted by Gasteiger charge is -2.13. The molecule has 2 aliphatic carbocycles. The Morgan fingerprint density at radius 1 is 0.543 bits per heavy atom. The summed E-state index contributed by atoms with van der Waals surface area (Å²) in [5, 5.41) is 3.75. The van der Waals surface area contributed by atoms with Gasteiger partial charge in [0.15, 0.2) is 0 Å². The van der Waals surface area contributed by atoms with Gasteiger partial charge in [-0.3, -0.25) is 4.40 Å². The van der Waals surface area contributed by atoms with Gasteiger partial charge in [-0.2, -0.15) is 0 Å². The SMILES string of the molecule is c1ccc2c(c1)Cc1c3c(c4c(nc5c6ccccc6c6ccccc6n54)c1-2)-c1ccccc1C3. The summed E-state index contributed by atoms with van der Waals surface area (Å²) < 4.78 is 2.45. The molecule has 2 heteroatoms. The molecule has 2 aliphatic rings. The average Bonchev–Trinajstić information content (AvgIpc) is 3.60. The molecule has 2 nitrogen and oxygen atoms in total. The first-order valence-corrected chi connectivity index (χ1v) is 12.3. The molecule has 162 valence electrons. The summed E-state index contributed by atoms with van der Waals surface area (Å²) in [5.41, 5.74) is 15.9. The van der Waals surface area contributed by atoms with Crippen molar-refractivity contribution in [2.45, 2.75) is 12.8 Å². The monoisotopic (exact) mass is 444 g/mol. The normalized spacial score (nSPS) is 13.5. The van der Waals surface area contributed by atoms with Gasteiger partial charge < -0.3 is 0 Å². The van der Waals surface area contributed by atoms with Crippen LogP contribution >= 0.6 is 0 Å². The highest BCUT2D eigenvalue weighted by atomic mass is 15.0. The van der Waals surface area contributed by atoms with Gasteiger partial charge in [0.1, 0.15) is 5.65 Å². The van der Waals surface area contributed by atoms with Crippen LogP contribution in [0.2, 0.25) is 0 Å². The van der Waals surface area contributed by atoms with E-state index in [9.17, 15) is 0 Å². The van der Waals surface area contributed by atoms with Crippen LogP contribution < -0.4 is 0 Å². The van der Waals surface area contributed by atoms with Crippen molar-refractivity contribution in [3.63, 3.8) is 0 Å². The van der Waals surface area contributed by atoms with Crippen LogP contribution in [0.15, 0.2) is 97.1 Å². The van der Waals surface area contributed by atoms with Gasteiger partial charge in [-0.15, -0.1) is 0 Å². The standard InChI is InChI=1S/C33H20N2/c1-3-11-21-19(9-1)17-26-27-18-20-10-2-4-12-22(20)30(27)32-31(29(21)26)34-33-25-15-6-5-13-23(25)24-14-7-8-16-28(24)35(32)33/h1-16H,17-18H2. The number of pyridine rings is 1. The molecule has 7 aromatic rings. The van der Waals surface area contributed by atoms with Gasteiger partial charge in [-0.25, -0.2) is 4.98 Å². The van der Waals surface area contributed by atoms with Crippen molar-refractivity contribution in [2.75, 3.05) is 0 Å². The number of hydrogen-bond acceptors (Lipinski definition) is 1. The van der Waals surface area contributed by atoms with Crippen molar-refractivity contribution in [2.24, 2.45) is 0 Å². The third-order valence-electron chi connectivity index (χ3n) is 8.23. The van der Waals surface area contributed by atoms with E-state index in [1.54, 1.807) is 0 Å². The number of fused-ring (bicyclic) bond motifs is 17. The fourth-order valence-corrected chi connectivity index (χ4v) is 6.83. The van der Waals surface area contributed by atoms with E-state index in [1.807, 2.05) is 0 Å². The lowest BCUT2D eigenvalue weighted by molar-refractivity contribution is 1.16. The summed E-state index contributed by atoms with van der Waals surface area (Å²) in [6.07, 6.45) is 1.99. The van der Waals surface area contributed by atoms with Crippen LogP contribution in [-0.4, -0.2) is 9.38 Å². The molecule has 5 aromatic carbocycles. The number of para-hydroxylation sites is 1. The van der Waals surface area contributed by atoms with Crippen LogP contribution in [0, 0.1) is 0 Å². The zero-order chi connectivity index (χ0) is 22.7. The zero-order valence-corrected chi connectivity index (χ0v) is 19.0. The molecule has 0 bridgehead atoms. The molecule has 9 rings (SSSR count). The van der Waals surface area contributed by atoms with Crippen molar-refractivity contribution in [1.29, 1.82) is 0 Å². The summed E-state index contributed by atoms with van der Waals surface area (Å²) in [5.74, 6) is 0. The van der Waals surface area contributed by atoms with E-state index in [4.69, 9.17) is 4.98 Å². The van der Waals surface area contributed by atoms with E-state index >= 15 is 0 Å². The number of benzene rings is 5. The van der Waals surface area contributed by atoms with Crippen molar-refractivity contribution in [3.8, 4) is 22.3 Å². The first-order valence-electron chi connectivity index (χ1n) is 12.3. The highest BCUT2D eigenvalue weighted by Crippen LogP contribution is 2.52. The average molecular weight is 445 g/mol. The van der Waals surface area contributed by atoms with Crippen molar-refractivity contribution >= 4 is 38.4 Å². The molecule has 0 radical (unpaired) electrons. The van der Waals surface area contributed by atoms with Crippen LogP contribution in [0.5, 0.6) is 0 Å². The summed E-state index contributed by atoms with van der Waals surface area (Å²) in [7, 11) is 0. The molecule has 2 aromatic heterocycles. The Hall–Kier alpha value is -4.43. The Labute approximate surface area is 202 Å². The lowest BCUT2D eigenvalue weighted by Crippen LogP contribution is -1.96. The molecular weight excluding hydrogens is 424 g/mol. The topological polar surface area (TPSA) is 17.3 Å². The highest BCUT2D eigenvalue weighted by Gasteiger charge is 2.33. The Morgan fingerprint density at radius 2 is 1.11 bits per heavy atom. The van der Waals surface area contributed by atoms with Crippen molar-refractivity contribution in [1.82, 2.24) is 9.38 Å². The predicted octanol–water partition coefficient (Wildman–Crippen LogP) is 7.94. The smallest absolute Gasteiger partial charge is 0.146 e. The van der Waals surface area contributed by atoms with E-state index < -0.39 is 0 Å². The fraction of sp³-hybridized carbons (Fsp3) is 0.0606. The second-order valence-electron chi connectivity index (χ2n) is 9.91. The van der Waals surface area contributed by atoms with Crippen LogP contribution in [0.4, 0.5) is 0 Å². The van der Waals surface area contributed by atoms with E-state index in [-0.39, 0.29) is 0 Å². The second-order valence-corrected chi connectivity index (χ2v) is 9.91. The van der Waals surface area contributed by atoms with E-state index in [0.717, 1.165) is 24.0 Å². The van der Waals surface area contributed by atoms with Gasteiger partial charge in [0, 0.05) is 21.9 Å². The lowest BCUT2D eigenvalue weighted by atomic mass is 9.94. The molecule has 0 N–H and O–H groups in total. The van der Waals surface area contributed by atoms with Crippen molar-refractivity contribution < 1.29 is 0 Å². The third-order valence-corrected chi connectivity index (χ3v) is 8.23. The quantitative estimate of drug-likeness (QED) is 0.217. The number of hydrogen-bond donors (Lipinski definition) is 0. The van der Waals surface area contributed by atoms with Crippen LogP contribution in [-0.2, 0) is 12.8 Å². The maximum absolute atomic E-state index is 5.48. The summed E-state index contributed by atoms with van der Waals surface area (Å²) in [6, 6.07) is 35.4. The Kier molecular flexibility index (Phi) is 3.16. The molecule has 0 amide bonds. The van der Waals surface area contributed by atoms with Gasteiger partial charge in [-0.05, 0) is 57.7 Å². The largest absolute Gasteiger partial charge is 0.291 e. The predicted molar refractivity (Wildman–Crippen MR) is 144 cm³/mol. The van der Waals surface area contributed by atoms with Crippen molar-refractivity contribution in [3.05, 3.63) is 119 Å². The number of rotatable bonds is 0. The molecule has 35 heavy (non-hydrogen) atoms. The first-order chi connectivity index (χ1) is 17.4. The van der Waals surface area contributed by atoms with E-state index in [1.165, 1.54) is 71.7 Å². The molecule has 0 saturated carbocycles. The summed E-state index contributed by atoms with van der Waals surface area (Å²) in [4.78, 5) is 5.48.